The van der Waals surface area contributed by atoms with Gasteiger partial charge in [0, 0.05) is 41.4 Å². The standard InChI is InChI=1S/C27H26ClF3N2O5/c1-3-20-17(12-15-6-7-16(13-18(15)28)25(34)33-10-4-5-11-33)23(38-27(30)31)22-21(32-20)9-8-19(29)24(22)37-14(2)26(35)36/h6-9,13-14,27H,3-5,10-12H2,1-2H3,(H,35,36)/t14-/m0/s1. The van der Waals surface area contributed by atoms with Gasteiger partial charge in [-0.3, -0.25) is 9.78 Å². The number of hydrogen-bond acceptors (Lipinski definition) is 5. The maximum Gasteiger partial charge on any atom is 0.387 e. The Bertz CT molecular complexity index is 1380. The molecule has 7 nitrogen and oxygen atoms in total. The second-order valence-electron chi connectivity index (χ2n) is 8.95. The molecule has 202 valence electrons. The molecule has 1 fully saturated rings. The van der Waals surface area contributed by atoms with Crippen LogP contribution in [0.2, 0.25) is 5.02 Å². The van der Waals surface area contributed by atoms with Crippen LogP contribution in [0.1, 0.15) is 53.9 Å². The van der Waals surface area contributed by atoms with Crippen molar-refractivity contribution in [1.82, 2.24) is 9.88 Å². The van der Waals surface area contributed by atoms with Crippen molar-refractivity contribution in [3.63, 3.8) is 0 Å². The number of carbonyl (C=O) groups is 2. The monoisotopic (exact) mass is 550 g/mol. The van der Waals surface area contributed by atoms with Gasteiger partial charge in [0.05, 0.1) is 10.9 Å². The second-order valence-corrected chi connectivity index (χ2v) is 9.36. The highest BCUT2D eigenvalue weighted by atomic mass is 35.5. The van der Waals surface area contributed by atoms with E-state index in [1.807, 2.05) is 0 Å². The first-order valence-electron chi connectivity index (χ1n) is 12.2. The van der Waals surface area contributed by atoms with Gasteiger partial charge in [0.25, 0.3) is 5.91 Å². The largest absolute Gasteiger partial charge is 0.479 e. The number of alkyl halides is 2. The van der Waals surface area contributed by atoms with Crippen molar-refractivity contribution < 1.29 is 37.3 Å². The summed E-state index contributed by atoms with van der Waals surface area (Å²) in [4.78, 5) is 30.4. The minimum atomic E-state index is -3.27. The van der Waals surface area contributed by atoms with Gasteiger partial charge in [0.2, 0.25) is 0 Å². The minimum absolute atomic E-state index is 0.0182. The Morgan fingerprint density at radius 1 is 1.13 bits per heavy atom. The number of aryl methyl sites for hydroxylation is 1. The summed E-state index contributed by atoms with van der Waals surface area (Å²) >= 11 is 6.53. The van der Waals surface area contributed by atoms with E-state index in [1.165, 1.54) is 19.1 Å². The first-order valence-corrected chi connectivity index (χ1v) is 12.5. The van der Waals surface area contributed by atoms with Crippen LogP contribution in [0.25, 0.3) is 10.9 Å². The summed E-state index contributed by atoms with van der Waals surface area (Å²) in [5.74, 6) is -3.38. The van der Waals surface area contributed by atoms with Crippen LogP contribution in [0.5, 0.6) is 11.5 Å². The lowest BCUT2D eigenvalue weighted by atomic mass is 9.97. The third-order valence-corrected chi connectivity index (χ3v) is 6.79. The Balaban J connectivity index is 1.84. The van der Waals surface area contributed by atoms with Crippen LogP contribution in [-0.2, 0) is 17.6 Å². The van der Waals surface area contributed by atoms with E-state index in [9.17, 15) is 27.9 Å². The van der Waals surface area contributed by atoms with E-state index in [-0.39, 0.29) is 39.6 Å². The number of amides is 1. The predicted molar refractivity (Wildman–Crippen MR) is 135 cm³/mol. The number of aromatic nitrogens is 1. The Labute approximate surface area is 222 Å². The lowest BCUT2D eigenvalue weighted by Crippen LogP contribution is -2.27. The van der Waals surface area contributed by atoms with E-state index in [0.29, 0.717) is 36.3 Å². The fourth-order valence-electron chi connectivity index (χ4n) is 4.51. The molecule has 2 heterocycles. The van der Waals surface area contributed by atoms with Crippen LogP contribution >= 0.6 is 11.6 Å². The van der Waals surface area contributed by atoms with Gasteiger partial charge in [-0.1, -0.05) is 24.6 Å². The number of likely N-dealkylation sites (tertiary alicyclic amines) is 1. The molecular formula is C27H26ClF3N2O5. The molecule has 0 aliphatic carbocycles. The summed E-state index contributed by atoms with van der Waals surface area (Å²) in [6.45, 7) is 1.05. The fourth-order valence-corrected chi connectivity index (χ4v) is 4.75. The van der Waals surface area contributed by atoms with E-state index in [4.69, 9.17) is 21.1 Å². The molecule has 0 radical (unpaired) electrons. The Kier molecular flexibility index (Phi) is 8.30. The molecule has 0 bridgehead atoms. The fraction of sp³-hybridized carbons (Fsp3) is 0.370. The third kappa shape index (κ3) is 5.65. The van der Waals surface area contributed by atoms with Crippen LogP contribution in [0, 0.1) is 5.82 Å². The Hall–Kier alpha value is -3.53. The molecule has 0 spiro atoms. The van der Waals surface area contributed by atoms with Crippen molar-refractivity contribution in [2.45, 2.75) is 52.2 Å². The number of rotatable bonds is 9. The molecule has 0 unspecified atom stereocenters. The van der Waals surface area contributed by atoms with Gasteiger partial charge >= 0.3 is 12.6 Å². The molecule has 2 aromatic carbocycles. The molecule has 38 heavy (non-hydrogen) atoms. The van der Waals surface area contributed by atoms with Crippen LogP contribution in [0.4, 0.5) is 13.2 Å². The van der Waals surface area contributed by atoms with Crippen LogP contribution < -0.4 is 9.47 Å². The van der Waals surface area contributed by atoms with Crippen molar-refractivity contribution in [2.75, 3.05) is 13.1 Å². The molecule has 1 aliphatic heterocycles. The maximum absolute atomic E-state index is 14.9. The van der Waals surface area contributed by atoms with Crippen LogP contribution in [-0.4, -0.2) is 52.7 Å². The zero-order valence-electron chi connectivity index (χ0n) is 20.8. The highest BCUT2D eigenvalue weighted by Crippen LogP contribution is 2.41. The normalized spacial score (nSPS) is 14.2. The average molecular weight is 551 g/mol. The number of carboxylic acids is 1. The summed E-state index contributed by atoms with van der Waals surface area (Å²) in [7, 11) is 0. The zero-order chi connectivity index (χ0) is 27.6. The van der Waals surface area contributed by atoms with Crippen molar-refractivity contribution in [2.24, 2.45) is 0 Å². The lowest BCUT2D eigenvalue weighted by molar-refractivity contribution is -0.144. The van der Waals surface area contributed by atoms with Gasteiger partial charge in [-0.15, -0.1) is 0 Å². The highest BCUT2D eigenvalue weighted by molar-refractivity contribution is 6.31. The number of pyridine rings is 1. The number of hydrogen-bond donors (Lipinski definition) is 1. The summed E-state index contributed by atoms with van der Waals surface area (Å²) < 4.78 is 52.4. The van der Waals surface area contributed by atoms with Gasteiger partial charge < -0.3 is 19.5 Å². The number of benzene rings is 2. The van der Waals surface area contributed by atoms with Gasteiger partial charge in [0.15, 0.2) is 17.7 Å². The quantitative estimate of drug-likeness (QED) is 0.358. The van der Waals surface area contributed by atoms with E-state index >= 15 is 0 Å². The first-order chi connectivity index (χ1) is 18.1. The van der Waals surface area contributed by atoms with Gasteiger partial charge in [0.1, 0.15) is 5.75 Å². The number of carboxylic acid groups (broad SMARTS) is 1. The SMILES string of the molecule is CCc1nc2ccc(F)c(O[C@@H](C)C(=O)O)c2c(OC(F)F)c1Cc1ccc(C(=O)N2CCCC2)cc1Cl. The third-order valence-electron chi connectivity index (χ3n) is 6.44. The van der Waals surface area contributed by atoms with Crippen LogP contribution in [0.15, 0.2) is 30.3 Å². The molecule has 0 saturated carbocycles. The first kappa shape index (κ1) is 27.5. The summed E-state index contributed by atoms with van der Waals surface area (Å²) in [6, 6.07) is 7.11. The number of aliphatic carboxylic acids is 1. The number of nitrogens with zero attached hydrogens (tertiary/aromatic N) is 2. The van der Waals surface area contributed by atoms with E-state index < -0.39 is 30.3 Å². The number of ether oxygens (including phenoxy) is 2. The molecular weight excluding hydrogens is 525 g/mol. The average Bonchev–Trinajstić information content (AvgIpc) is 3.42. The molecule has 1 atom stereocenters. The summed E-state index contributed by atoms with van der Waals surface area (Å²) in [5.41, 5.74) is 1.66. The number of carbonyl (C=O) groups excluding carboxylic acids is 1. The lowest BCUT2D eigenvalue weighted by Gasteiger charge is -2.21. The van der Waals surface area contributed by atoms with Crippen molar-refractivity contribution in [1.29, 1.82) is 0 Å². The van der Waals surface area contributed by atoms with Gasteiger partial charge in [-0.2, -0.15) is 8.78 Å². The molecule has 1 N–H and O–H groups in total. The molecule has 11 heteroatoms. The maximum atomic E-state index is 14.9. The van der Waals surface area contributed by atoms with Crippen molar-refractivity contribution >= 4 is 34.4 Å². The molecule has 1 aromatic heterocycles. The molecule has 4 rings (SSSR count). The Morgan fingerprint density at radius 2 is 1.84 bits per heavy atom. The highest BCUT2D eigenvalue weighted by Gasteiger charge is 2.27. The van der Waals surface area contributed by atoms with E-state index in [0.717, 1.165) is 18.9 Å². The molecule has 1 saturated heterocycles. The summed E-state index contributed by atoms with van der Waals surface area (Å²) in [5, 5.41) is 9.30. The summed E-state index contributed by atoms with van der Waals surface area (Å²) in [6.07, 6.45) is 0.718. The number of halogens is 4. The Morgan fingerprint density at radius 3 is 2.45 bits per heavy atom. The van der Waals surface area contributed by atoms with Crippen molar-refractivity contribution in [3.8, 4) is 11.5 Å². The minimum Gasteiger partial charge on any atom is -0.479 e. The van der Waals surface area contributed by atoms with E-state index in [2.05, 4.69) is 4.98 Å². The van der Waals surface area contributed by atoms with Crippen LogP contribution in [0.3, 0.4) is 0 Å². The van der Waals surface area contributed by atoms with Crippen molar-refractivity contribution in [3.05, 3.63) is 63.6 Å². The topological polar surface area (TPSA) is 89.0 Å². The molecule has 3 aromatic rings. The molecule has 1 amide bonds. The van der Waals surface area contributed by atoms with Gasteiger partial charge in [-0.05, 0) is 56.0 Å². The molecule has 1 aliphatic rings. The van der Waals surface area contributed by atoms with Gasteiger partial charge in [-0.25, -0.2) is 9.18 Å². The second kappa shape index (κ2) is 11.5. The predicted octanol–water partition coefficient (Wildman–Crippen LogP) is 5.87. The van der Waals surface area contributed by atoms with E-state index in [1.54, 1.807) is 24.0 Å². The smallest absolute Gasteiger partial charge is 0.387 e. The zero-order valence-corrected chi connectivity index (χ0v) is 21.5. The number of fused-ring (bicyclic) bond motifs is 1.